The fourth-order valence-corrected chi connectivity index (χ4v) is 3.30. The SMILES string of the molecule is CCN(CC)CC#CCC1(O)c2ccccc2-c2ccccc21.[Cl-]. The number of benzene rings is 2. The third kappa shape index (κ3) is 3.21. The average Bonchev–Trinajstić information content (AvgIpc) is 2.86. The van der Waals surface area contributed by atoms with Gasteiger partial charge < -0.3 is 17.5 Å². The Bertz CT molecular complexity index is 710. The largest absolute Gasteiger partial charge is 1.00 e. The molecule has 1 aliphatic rings. The van der Waals surface area contributed by atoms with E-state index in [2.05, 4.69) is 42.7 Å². The first kappa shape index (κ1) is 18.5. The third-order valence-corrected chi connectivity index (χ3v) is 4.70. The molecule has 0 saturated carbocycles. The summed E-state index contributed by atoms with van der Waals surface area (Å²) in [6, 6.07) is 16.2. The van der Waals surface area contributed by atoms with Crippen molar-refractivity contribution in [3.8, 4) is 23.0 Å². The molecule has 2 nitrogen and oxygen atoms in total. The van der Waals surface area contributed by atoms with Crippen LogP contribution in [0.25, 0.3) is 11.1 Å². The molecule has 0 amide bonds. The Morgan fingerprint density at radius 2 is 1.38 bits per heavy atom. The number of halogens is 1. The van der Waals surface area contributed by atoms with Crippen LogP contribution in [0.1, 0.15) is 31.4 Å². The molecule has 0 saturated heterocycles. The molecule has 0 fully saturated rings. The molecule has 2 aromatic rings. The van der Waals surface area contributed by atoms with Crippen LogP contribution in [0.4, 0.5) is 0 Å². The molecule has 0 unspecified atom stereocenters. The second kappa shape index (κ2) is 7.85. The highest BCUT2D eigenvalue weighted by molar-refractivity contribution is 5.80. The molecule has 0 bridgehead atoms. The van der Waals surface area contributed by atoms with Gasteiger partial charge in [0.1, 0.15) is 5.60 Å². The van der Waals surface area contributed by atoms with Crippen LogP contribution in [0.2, 0.25) is 0 Å². The Balaban J connectivity index is 0.00000208. The van der Waals surface area contributed by atoms with E-state index in [0.717, 1.165) is 41.9 Å². The van der Waals surface area contributed by atoms with E-state index in [4.69, 9.17) is 0 Å². The first-order valence-corrected chi connectivity index (χ1v) is 8.30. The van der Waals surface area contributed by atoms with Crippen LogP contribution >= 0.6 is 0 Å². The van der Waals surface area contributed by atoms with Gasteiger partial charge in [-0.1, -0.05) is 74.2 Å². The van der Waals surface area contributed by atoms with E-state index in [9.17, 15) is 5.11 Å². The summed E-state index contributed by atoms with van der Waals surface area (Å²) in [5, 5.41) is 11.4. The lowest BCUT2D eigenvalue weighted by Crippen LogP contribution is -3.00. The molecule has 0 radical (unpaired) electrons. The van der Waals surface area contributed by atoms with Gasteiger partial charge >= 0.3 is 0 Å². The molecule has 0 aliphatic heterocycles. The van der Waals surface area contributed by atoms with Crippen LogP contribution in [0, 0.1) is 11.8 Å². The fraction of sp³-hybridized carbons (Fsp3) is 0.333. The lowest BCUT2D eigenvalue weighted by Gasteiger charge is -2.23. The van der Waals surface area contributed by atoms with Crippen LogP contribution in [0.15, 0.2) is 48.5 Å². The molecule has 0 heterocycles. The van der Waals surface area contributed by atoms with Gasteiger partial charge in [-0.3, -0.25) is 4.90 Å². The van der Waals surface area contributed by atoms with Crippen molar-refractivity contribution in [3.05, 3.63) is 59.7 Å². The molecule has 126 valence electrons. The predicted octanol–water partition coefficient (Wildman–Crippen LogP) is 0.642. The maximum Gasteiger partial charge on any atom is 0.127 e. The molecule has 3 heteroatoms. The lowest BCUT2D eigenvalue weighted by atomic mass is 9.88. The van der Waals surface area contributed by atoms with Crippen molar-refractivity contribution >= 4 is 0 Å². The fourth-order valence-electron chi connectivity index (χ4n) is 3.30. The monoisotopic (exact) mass is 340 g/mol. The Labute approximate surface area is 150 Å². The van der Waals surface area contributed by atoms with Gasteiger partial charge in [-0.15, -0.1) is 0 Å². The van der Waals surface area contributed by atoms with E-state index in [-0.39, 0.29) is 12.4 Å². The van der Waals surface area contributed by atoms with Crippen molar-refractivity contribution in [2.45, 2.75) is 25.9 Å². The number of rotatable bonds is 4. The number of aliphatic hydroxyl groups is 1. The highest BCUT2D eigenvalue weighted by atomic mass is 35.5. The number of nitrogens with zero attached hydrogens (tertiary/aromatic N) is 1. The highest BCUT2D eigenvalue weighted by Gasteiger charge is 2.40. The average molecular weight is 341 g/mol. The quantitative estimate of drug-likeness (QED) is 0.826. The summed E-state index contributed by atoms with van der Waals surface area (Å²) in [5.74, 6) is 6.42. The number of hydrogen-bond donors (Lipinski definition) is 1. The van der Waals surface area contributed by atoms with Crippen molar-refractivity contribution < 1.29 is 17.5 Å². The zero-order valence-corrected chi connectivity index (χ0v) is 15.0. The van der Waals surface area contributed by atoms with E-state index < -0.39 is 5.60 Å². The van der Waals surface area contributed by atoms with Crippen molar-refractivity contribution in [1.29, 1.82) is 0 Å². The minimum Gasteiger partial charge on any atom is -1.00 e. The van der Waals surface area contributed by atoms with Crippen molar-refractivity contribution in [2.24, 2.45) is 0 Å². The van der Waals surface area contributed by atoms with E-state index in [1.54, 1.807) is 0 Å². The molecule has 24 heavy (non-hydrogen) atoms. The van der Waals surface area contributed by atoms with Gasteiger partial charge in [-0.25, -0.2) is 0 Å². The van der Waals surface area contributed by atoms with Crippen LogP contribution in [0.3, 0.4) is 0 Å². The summed E-state index contributed by atoms with van der Waals surface area (Å²) in [6.45, 7) is 7.04. The van der Waals surface area contributed by atoms with E-state index in [1.807, 2.05) is 36.4 Å². The van der Waals surface area contributed by atoms with E-state index in [1.165, 1.54) is 0 Å². The minimum atomic E-state index is -0.997. The maximum absolute atomic E-state index is 11.4. The van der Waals surface area contributed by atoms with Crippen molar-refractivity contribution in [2.75, 3.05) is 19.6 Å². The Kier molecular flexibility index (Phi) is 6.07. The van der Waals surface area contributed by atoms with E-state index >= 15 is 0 Å². The predicted molar refractivity (Wildman–Crippen MR) is 95.1 cm³/mol. The molecule has 2 aromatic carbocycles. The summed E-state index contributed by atoms with van der Waals surface area (Å²) < 4.78 is 0. The molecule has 0 spiro atoms. The molecular formula is C21H23ClNO-. The molecule has 1 aliphatic carbocycles. The first-order chi connectivity index (χ1) is 11.2. The summed E-state index contributed by atoms with van der Waals surface area (Å²) in [5.41, 5.74) is 3.19. The van der Waals surface area contributed by atoms with Gasteiger partial charge in [-0.05, 0) is 35.3 Å². The molecule has 0 atom stereocenters. The molecule has 0 aromatic heterocycles. The van der Waals surface area contributed by atoms with Gasteiger partial charge in [0.25, 0.3) is 0 Å². The second-order valence-electron chi connectivity index (χ2n) is 5.94. The standard InChI is InChI=1S/C21H23NO.ClH/c1-3-22(4-2)16-10-9-15-21(23)19-13-7-5-11-17(19)18-12-6-8-14-20(18)21;/h5-8,11-14,23H,3-4,15-16H2,1-2H3;1H/p-1. The summed E-state index contributed by atoms with van der Waals surface area (Å²) in [4.78, 5) is 2.27. The Hall–Kier alpha value is -1.79. The van der Waals surface area contributed by atoms with E-state index in [0.29, 0.717) is 6.42 Å². The Morgan fingerprint density at radius 1 is 0.875 bits per heavy atom. The van der Waals surface area contributed by atoms with Gasteiger partial charge in [-0.2, -0.15) is 0 Å². The van der Waals surface area contributed by atoms with Gasteiger partial charge in [0, 0.05) is 6.42 Å². The summed E-state index contributed by atoms with van der Waals surface area (Å²) >= 11 is 0. The van der Waals surface area contributed by atoms with Gasteiger partial charge in [0.05, 0.1) is 6.54 Å². The summed E-state index contributed by atoms with van der Waals surface area (Å²) in [6.07, 6.45) is 0.433. The number of hydrogen-bond acceptors (Lipinski definition) is 2. The van der Waals surface area contributed by atoms with Crippen LogP contribution in [-0.2, 0) is 5.60 Å². The third-order valence-electron chi connectivity index (χ3n) is 4.70. The van der Waals surface area contributed by atoms with Gasteiger partial charge in [0.2, 0.25) is 0 Å². The number of fused-ring (bicyclic) bond motifs is 3. The second-order valence-corrected chi connectivity index (χ2v) is 5.94. The highest BCUT2D eigenvalue weighted by Crippen LogP contribution is 2.48. The van der Waals surface area contributed by atoms with Crippen LogP contribution < -0.4 is 12.4 Å². The van der Waals surface area contributed by atoms with Crippen molar-refractivity contribution in [3.63, 3.8) is 0 Å². The molecule has 3 rings (SSSR count). The zero-order chi connectivity index (χ0) is 16.3. The maximum atomic E-state index is 11.4. The smallest absolute Gasteiger partial charge is 0.127 e. The van der Waals surface area contributed by atoms with Gasteiger partial charge in [0.15, 0.2) is 0 Å². The topological polar surface area (TPSA) is 23.5 Å². The normalized spacial score (nSPS) is 13.5. The van der Waals surface area contributed by atoms with Crippen molar-refractivity contribution in [1.82, 2.24) is 4.90 Å². The lowest BCUT2D eigenvalue weighted by molar-refractivity contribution is -0.00000890. The first-order valence-electron chi connectivity index (χ1n) is 8.30. The van der Waals surface area contributed by atoms with Crippen LogP contribution in [-0.4, -0.2) is 29.6 Å². The molecule has 1 N–H and O–H groups in total. The zero-order valence-electron chi connectivity index (χ0n) is 14.2. The Morgan fingerprint density at radius 3 is 1.88 bits per heavy atom. The molecular weight excluding hydrogens is 318 g/mol. The van der Waals surface area contributed by atoms with Crippen LogP contribution in [0.5, 0.6) is 0 Å². The minimum absolute atomic E-state index is 0. The summed E-state index contributed by atoms with van der Waals surface area (Å²) in [7, 11) is 0.